The number of hydrogen-bond donors (Lipinski definition) is 0. The highest BCUT2D eigenvalue weighted by Gasteiger charge is 2.17. The summed E-state index contributed by atoms with van der Waals surface area (Å²) in [7, 11) is 1.60. The molecule has 0 saturated carbocycles. The Morgan fingerprint density at radius 3 is 2.74 bits per heavy atom. The van der Waals surface area contributed by atoms with Crippen LogP contribution in [0.1, 0.15) is 11.3 Å². The van der Waals surface area contributed by atoms with Gasteiger partial charge >= 0.3 is 0 Å². The van der Waals surface area contributed by atoms with Crippen molar-refractivity contribution in [1.82, 2.24) is 15.0 Å². The highest BCUT2D eigenvalue weighted by atomic mass is 35.5. The average Bonchev–Trinajstić information content (AvgIpc) is 3.01. The van der Waals surface area contributed by atoms with Gasteiger partial charge in [0.2, 0.25) is 0 Å². The topological polar surface area (TPSA) is 39.9 Å². The zero-order valence-corrected chi connectivity index (χ0v) is 13.5. The van der Waals surface area contributed by atoms with Gasteiger partial charge in [0.25, 0.3) is 0 Å². The molecule has 23 heavy (non-hydrogen) atoms. The van der Waals surface area contributed by atoms with E-state index in [9.17, 15) is 4.39 Å². The smallest absolute Gasteiger partial charge is 0.128 e. The van der Waals surface area contributed by atoms with Crippen molar-refractivity contribution in [2.24, 2.45) is 0 Å². The maximum absolute atomic E-state index is 13.9. The molecule has 3 aromatic rings. The molecule has 2 aromatic carbocycles. The van der Waals surface area contributed by atoms with Gasteiger partial charge in [-0.05, 0) is 36.8 Å². The molecule has 0 radical (unpaired) electrons. The number of ether oxygens (including phenoxy) is 1. The number of rotatable bonds is 4. The van der Waals surface area contributed by atoms with Crippen LogP contribution < -0.4 is 4.74 Å². The van der Waals surface area contributed by atoms with E-state index in [4.69, 9.17) is 16.3 Å². The number of aromatic nitrogens is 3. The summed E-state index contributed by atoms with van der Waals surface area (Å²) in [4.78, 5) is 0. The van der Waals surface area contributed by atoms with E-state index in [-0.39, 0.29) is 11.7 Å². The lowest BCUT2D eigenvalue weighted by Gasteiger charge is -2.10. The summed E-state index contributed by atoms with van der Waals surface area (Å²) in [5.41, 5.74) is 3.37. The molecule has 0 aliphatic rings. The van der Waals surface area contributed by atoms with E-state index in [0.29, 0.717) is 22.7 Å². The fourth-order valence-corrected chi connectivity index (χ4v) is 2.54. The van der Waals surface area contributed by atoms with Crippen molar-refractivity contribution in [1.29, 1.82) is 0 Å². The van der Waals surface area contributed by atoms with Crippen LogP contribution in [-0.2, 0) is 5.88 Å². The molecule has 3 rings (SSSR count). The van der Waals surface area contributed by atoms with Gasteiger partial charge in [0.15, 0.2) is 0 Å². The Morgan fingerprint density at radius 1 is 1.22 bits per heavy atom. The number of aryl methyl sites for hydroxylation is 1. The molecule has 0 aliphatic heterocycles. The van der Waals surface area contributed by atoms with Crippen molar-refractivity contribution in [3.63, 3.8) is 0 Å². The van der Waals surface area contributed by atoms with Gasteiger partial charge in [-0.25, -0.2) is 9.07 Å². The van der Waals surface area contributed by atoms with Crippen LogP contribution in [0.3, 0.4) is 0 Å². The summed E-state index contributed by atoms with van der Waals surface area (Å²) in [5, 5.41) is 8.25. The first kappa shape index (κ1) is 15.5. The predicted octanol–water partition coefficient (Wildman–Crippen LogP) is 4.13. The molecule has 0 unspecified atom stereocenters. The molecule has 0 saturated heterocycles. The van der Waals surface area contributed by atoms with Gasteiger partial charge in [-0.1, -0.05) is 23.4 Å². The van der Waals surface area contributed by atoms with Gasteiger partial charge in [-0.3, -0.25) is 0 Å². The summed E-state index contributed by atoms with van der Waals surface area (Å²) in [5.74, 6) is 0.633. The zero-order valence-electron chi connectivity index (χ0n) is 12.8. The molecule has 4 nitrogen and oxygen atoms in total. The molecule has 0 spiro atoms. The van der Waals surface area contributed by atoms with Gasteiger partial charge < -0.3 is 4.74 Å². The Labute approximate surface area is 138 Å². The van der Waals surface area contributed by atoms with Crippen LogP contribution in [0.15, 0.2) is 42.5 Å². The number of methoxy groups -OCH3 is 1. The highest BCUT2D eigenvalue weighted by Crippen LogP contribution is 2.29. The van der Waals surface area contributed by atoms with E-state index < -0.39 is 0 Å². The van der Waals surface area contributed by atoms with E-state index in [1.54, 1.807) is 30.8 Å². The minimum atomic E-state index is -0.290. The van der Waals surface area contributed by atoms with Crippen molar-refractivity contribution in [3.8, 4) is 22.7 Å². The lowest BCUT2D eigenvalue weighted by Crippen LogP contribution is -2.01. The van der Waals surface area contributed by atoms with E-state index in [1.807, 2.05) is 24.3 Å². The van der Waals surface area contributed by atoms with Gasteiger partial charge in [0.05, 0.1) is 24.4 Å². The van der Waals surface area contributed by atoms with Crippen LogP contribution in [0.5, 0.6) is 5.75 Å². The van der Waals surface area contributed by atoms with Crippen LogP contribution in [-0.4, -0.2) is 22.1 Å². The molecule has 1 aromatic heterocycles. The molecular formula is C17H15ClFN3O. The van der Waals surface area contributed by atoms with Crippen molar-refractivity contribution in [3.05, 3.63) is 59.5 Å². The molecule has 0 aliphatic carbocycles. The molecule has 0 atom stereocenters. The third kappa shape index (κ3) is 2.92. The quantitative estimate of drug-likeness (QED) is 0.675. The standard InChI is InChI=1S/C17H15ClFN3O/c1-11-6-7-13(9-15(11)19)22-17(16(10-18)20-21-22)12-4-3-5-14(8-12)23-2/h3-9H,10H2,1-2H3. The second-order valence-electron chi connectivity index (χ2n) is 5.10. The fourth-order valence-electron chi connectivity index (χ4n) is 2.36. The number of halogens is 2. The SMILES string of the molecule is COc1cccc(-c2c(CCl)nnn2-c2ccc(C)c(F)c2)c1. The van der Waals surface area contributed by atoms with E-state index in [2.05, 4.69) is 10.3 Å². The third-order valence-corrected chi connectivity index (χ3v) is 3.86. The lowest BCUT2D eigenvalue weighted by molar-refractivity contribution is 0.415. The summed E-state index contributed by atoms with van der Waals surface area (Å²) in [6, 6.07) is 12.5. The summed E-state index contributed by atoms with van der Waals surface area (Å²) < 4.78 is 20.8. The lowest BCUT2D eigenvalue weighted by atomic mass is 10.1. The molecule has 1 heterocycles. The van der Waals surface area contributed by atoms with Crippen LogP contribution in [0.4, 0.5) is 4.39 Å². The maximum atomic E-state index is 13.9. The second-order valence-corrected chi connectivity index (χ2v) is 5.36. The Balaban J connectivity index is 2.19. The molecule has 0 amide bonds. The number of nitrogens with zero attached hydrogens (tertiary/aromatic N) is 3. The summed E-state index contributed by atoms with van der Waals surface area (Å²) in [6.45, 7) is 1.72. The van der Waals surface area contributed by atoms with Crippen molar-refractivity contribution < 1.29 is 9.13 Å². The van der Waals surface area contributed by atoms with E-state index in [0.717, 1.165) is 11.3 Å². The minimum absolute atomic E-state index is 0.209. The number of benzene rings is 2. The summed E-state index contributed by atoms with van der Waals surface area (Å²) in [6.07, 6.45) is 0. The Bertz CT molecular complexity index is 848. The van der Waals surface area contributed by atoms with Crippen LogP contribution in [0.25, 0.3) is 16.9 Å². The van der Waals surface area contributed by atoms with Gasteiger partial charge in [0.1, 0.15) is 17.3 Å². The number of alkyl halides is 1. The Kier molecular flexibility index (Phi) is 4.30. The van der Waals surface area contributed by atoms with E-state index in [1.165, 1.54) is 6.07 Å². The van der Waals surface area contributed by atoms with Crippen LogP contribution >= 0.6 is 11.6 Å². The minimum Gasteiger partial charge on any atom is -0.497 e. The van der Waals surface area contributed by atoms with Crippen molar-refractivity contribution >= 4 is 11.6 Å². The normalized spacial score (nSPS) is 10.8. The average molecular weight is 332 g/mol. The maximum Gasteiger partial charge on any atom is 0.128 e. The molecule has 118 valence electrons. The first-order chi connectivity index (χ1) is 11.1. The largest absolute Gasteiger partial charge is 0.497 e. The van der Waals surface area contributed by atoms with Crippen molar-refractivity contribution in [2.45, 2.75) is 12.8 Å². The van der Waals surface area contributed by atoms with Gasteiger partial charge in [-0.15, -0.1) is 16.7 Å². The van der Waals surface area contributed by atoms with E-state index >= 15 is 0 Å². The highest BCUT2D eigenvalue weighted by molar-refractivity contribution is 6.17. The third-order valence-electron chi connectivity index (χ3n) is 3.61. The zero-order chi connectivity index (χ0) is 16.4. The van der Waals surface area contributed by atoms with Crippen molar-refractivity contribution in [2.75, 3.05) is 7.11 Å². The van der Waals surface area contributed by atoms with Gasteiger partial charge in [0, 0.05) is 5.56 Å². The van der Waals surface area contributed by atoms with Crippen LogP contribution in [0.2, 0.25) is 0 Å². The fraction of sp³-hybridized carbons (Fsp3) is 0.176. The molecule has 0 bridgehead atoms. The molecule has 0 N–H and O–H groups in total. The Morgan fingerprint density at radius 2 is 2.04 bits per heavy atom. The second kappa shape index (κ2) is 6.38. The molecule has 0 fully saturated rings. The molecular weight excluding hydrogens is 317 g/mol. The van der Waals surface area contributed by atoms with Crippen LogP contribution in [0, 0.1) is 12.7 Å². The summed E-state index contributed by atoms with van der Waals surface area (Å²) >= 11 is 5.99. The monoisotopic (exact) mass is 331 g/mol. The predicted molar refractivity (Wildman–Crippen MR) is 87.6 cm³/mol. The molecule has 6 heteroatoms. The number of hydrogen-bond acceptors (Lipinski definition) is 3. The van der Waals surface area contributed by atoms with Gasteiger partial charge in [-0.2, -0.15) is 0 Å². The first-order valence-corrected chi connectivity index (χ1v) is 7.59. The Hall–Kier alpha value is -2.40. The first-order valence-electron chi connectivity index (χ1n) is 7.05.